The third-order valence-corrected chi connectivity index (χ3v) is 4.60. The summed E-state index contributed by atoms with van der Waals surface area (Å²) in [5.41, 5.74) is 2.33. The van der Waals surface area contributed by atoms with Crippen LogP contribution in [0.5, 0.6) is 0 Å². The van der Waals surface area contributed by atoms with Crippen LogP contribution in [0.2, 0.25) is 0 Å². The van der Waals surface area contributed by atoms with Crippen molar-refractivity contribution in [3.05, 3.63) is 65.0 Å². The number of carbonyl (C=O) groups is 2. The van der Waals surface area contributed by atoms with Crippen molar-refractivity contribution in [2.45, 2.75) is 6.42 Å². The van der Waals surface area contributed by atoms with Gasteiger partial charge in [-0.3, -0.25) is 9.59 Å². The van der Waals surface area contributed by atoms with Gasteiger partial charge in [0, 0.05) is 28.1 Å². The van der Waals surface area contributed by atoms with Crippen LogP contribution in [0.15, 0.2) is 54.6 Å². The largest absolute Gasteiger partial charge is 0.355 e. The Morgan fingerprint density at radius 3 is 2.70 bits per heavy atom. The fourth-order valence-corrected chi connectivity index (χ4v) is 3.37. The van der Waals surface area contributed by atoms with Gasteiger partial charge in [0.1, 0.15) is 0 Å². The molecule has 2 aliphatic rings. The number of fused-ring (bicyclic) bond motifs is 1. The van der Waals surface area contributed by atoms with Crippen molar-refractivity contribution < 1.29 is 9.59 Å². The second-order valence-corrected chi connectivity index (χ2v) is 6.30. The Bertz CT molecular complexity index is 825. The zero-order valence-corrected chi connectivity index (χ0v) is 13.4. The van der Waals surface area contributed by atoms with Gasteiger partial charge >= 0.3 is 0 Å². The molecule has 0 bridgehead atoms. The molecule has 1 heterocycles. The minimum Gasteiger partial charge on any atom is -0.355 e. The van der Waals surface area contributed by atoms with E-state index in [1.807, 2.05) is 24.3 Å². The fourth-order valence-electron chi connectivity index (χ4n) is 2.35. The smallest absolute Gasteiger partial charge is 0.251 e. The number of rotatable bonds is 4. The van der Waals surface area contributed by atoms with Crippen LogP contribution in [-0.2, 0) is 11.2 Å². The number of hydrogen-bond acceptors (Lipinski definition) is 3. The molecule has 1 aromatic carbocycles. The number of benzene rings is 1. The zero-order valence-electron chi connectivity index (χ0n) is 12.6. The lowest BCUT2D eigenvalue weighted by atomic mass is 10.2. The Morgan fingerprint density at radius 1 is 1.04 bits per heavy atom. The molecule has 2 amide bonds. The number of hydrogen-bond donors (Lipinski definition) is 2. The highest BCUT2D eigenvalue weighted by atomic mass is 32.1. The minimum atomic E-state index is -0.176. The summed E-state index contributed by atoms with van der Waals surface area (Å²) in [5.74, 6) is -0.272. The number of amides is 2. The predicted octanol–water partition coefficient (Wildman–Crippen LogP) is 3.39. The summed E-state index contributed by atoms with van der Waals surface area (Å²) in [6, 6.07) is 17.0. The third kappa shape index (κ3) is 3.57. The van der Waals surface area contributed by atoms with Crippen molar-refractivity contribution in [1.82, 2.24) is 5.32 Å². The summed E-state index contributed by atoms with van der Waals surface area (Å²) in [6.07, 6.45) is 0.315. The molecule has 0 saturated carbocycles. The lowest BCUT2D eigenvalue weighted by molar-refractivity contribution is -0.115. The van der Waals surface area contributed by atoms with E-state index < -0.39 is 0 Å². The first kappa shape index (κ1) is 15.2. The Kier molecular flexibility index (Phi) is 4.39. The molecule has 0 fully saturated rings. The van der Waals surface area contributed by atoms with Crippen molar-refractivity contribution >= 4 is 28.8 Å². The molecule has 0 aromatic heterocycles. The first-order valence-electron chi connectivity index (χ1n) is 7.25. The number of nitrogens with one attached hydrogen (secondary N) is 2. The van der Waals surface area contributed by atoms with Crippen LogP contribution >= 0.6 is 11.3 Å². The van der Waals surface area contributed by atoms with Crippen LogP contribution in [-0.4, -0.2) is 18.9 Å². The highest BCUT2D eigenvalue weighted by Crippen LogP contribution is 2.29. The lowest BCUT2D eigenvalue weighted by Crippen LogP contribution is -2.18. The molecule has 0 unspecified atom stereocenters. The Morgan fingerprint density at radius 2 is 1.87 bits per heavy atom. The van der Waals surface area contributed by atoms with Crippen molar-refractivity contribution in [2.75, 3.05) is 12.4 Å². The van der Waals surface area contributed by atoms with E-state index in [0.717, 1.165) is 4.88 Å². The normalized spacial score (nSPS) is 10.5. The van der Waals surface area contributed by atoms with Gasteiger partial charge in [-0.05, 0) is 35.9 Å². The van der Waals surface area contributed by atoms with E-state index in [-0.39, 0.29) is 11.8 Å². The summed E-state index contributed by atoms with van der Waals surface area (Å²) < 4.78 is 0. The van der Waals surface area contributed by atoms with E-state index >= 15 is 0 Å². The molecule has 2 N–H and O–H groups in total. The quantitative estimate of drug-likeness (QED) is 0.773. The van der Waals surface area contributed by atoms with E-state index in [4.69, 9.17) is 0 Å². The summed E-state index contributed by atoms with van der Waals surface area (Å²) in [7, 11) is 1.58. The maximum absolute atomic E-state index is 12.2. The first-order chi connectivity index (χ1) is 11.2. The van der Waals surface area contributed by atoms with E-state index in [1.165, 1.54) is 10.4 Å². The van der Waals surface area contributed by atoms with Crippen LogP contribution in [0, 0.1) is 0 Å². The van der Waals surface area contributed by atoms with Gasteiger partial charge in [-0.15, -0.1) is 11.3 Å². The van der Waals surface area contributed by atoms with Crippen molar-refractivity contribution in [1.29, 1.82) is 0 Å². The molecule has 23 heavy (non-hydrogen) atoms. The molecule has 4 nitrogen and oxygen atoms in total. The fraction of sp³-hybridized carbons (Fsp3) is 0.111. The van der Waals surface area contributed by atoms with E-state index in [2.05, 4.69) is 16.7 Å². The molecule has 1 aromatic rings. The van der Waals surface area contributed by atoms with Crippen LogP contribution in [0.25, 0.3) is 10.4 Å². The van der Waals surface area contributed by atoms with E-state index in [9.17, 15) is 9.59 Å². The van der Waals surface area contributed by atoms with Gasteiger partial charge in [0.25, 0.3) is 5.91 Å². The topological polar surface area (TPSA) is 58.2 Å². The molecule has 5 heteroatoms. The van der Waals surface area contributed by atoms with E-state index in [1.54, 1.807) is 42.6 Å². The number of anilines is 1. The average Bonchev–Trinajstić information content (AvgIpc) is 3.02. The zero-order chi connectivity index (χ0) is 16.2. The van der Waals surface area contributed by atoms with Crippen LogP contribution in [0.4, 0.5) is 5.69 Å². The Hall–Kier alpha value is -2.66. The second-order valence-electron chi connectivity index (χ2n) is 5.13. The highest BCUT2D eigenvalue weighted by Gasteiger charge is 2.10. The second kappa shape index (κ2) is 6.62. The molecule has 3 rings (SSSR count). The van der Waals surface area contributed by atoms with Gasteiger partial charge in [0.2, 0.25) is 5.91 Å². The van der Waals surface area contributed by atoms with Gasteiger partial charge in [-0.1, -0.05) is 24.3 Å². The third-order valence-electron chi connectivity index (χ3n) is 3.47. The van der Waals surface area contributed by atoms with Crippen molar-refractivity contribution in [2.24, 2.45) is 0 Å². The summed E-state index contributed by atoms with van der Waals surface area (Å²) in [5, 5.41) is 5.41. The molecule has 1 aliphatic carbocycles. The average molecular weight is 324 g/mol. The highest BCUT2D eigenvalue weighted by molar-refractivity contribution is 7.15. The van der Waals surface area contributed by atoms with Gasteiger partial charge in [-0.2, -0.15) is 0 Å². The van der Waals surface area contributed by atoms with Gasteiger partial charge in [-0.25, -0.2) is 0 Å². The molecule has 0 saturated heterocycles. The Balaban J connectivity index is 1.70. The Labute approximate surface area is 138 Å². The molecular formula is C18H16N2O2S. The van der Waals surface area contributed by atoms with Crippen molar-refractivity contribution in [3.8, 4) is 10.4 Å². The van der Waals surface area contributed by atoms with Gasteiger partial charge < -0.3 is 10.6 Å². The van der Waals surface area contributed by atoms with Crippen LogP contribution in [0.3, 0.4) is 0 Å². The molecule has 1 aliphatic heterocycles. The summed E-state index contributed by atoms with van der Waals surface area (Å²) in [4.78, 5) is 26.0. The number of carbonyl (C=O) groups excluding carboxylic acids is 2. The molecule has 0 spiro atoms. The first-order valence-corrected chi connectivity index (χ1v) is 8.07. The maximum Gasteiger partial charge on any atom is 0.251 e. The monoisotopic (exact) mass is 324 g/mol. The summed E-state index contributed by atoms with van der Waals surface area (Å²) in [6.45, 7) is 0. The standard InChI is InChI=1S/C18H16N2O2S/c1-19-18(22)13-5-2-6-14(10-13)20-17(21)11-15-9-8-12-4-3-7-16(12)23-15/h2-10H,11H2,1H3,(H,19,22)(H,20,21). The molecule has 0 radical (unpaired) electrons. The van der Waals surface area contributed by atoms with Crippen LogP contribution < -0.4 is 10.6 Å². The molecule has 116 valence electrons. The van der Waals surface area contributed by atoms with Gasteiger partial charge in [0.05, 0.1) is 6.42 Å². The maximum atomic E-state index is 12.2. The minimum absolute atomic E-state index is 0.0961. The molecule has 0 atom stereocenters. The summed E-state index contributed by atoms with van der Waals surface area (Å²) >= 11 is 1.62. The van der Waals surface area contributed by atoms with Crippen molar-refractivity contribution in [3.63, 3.8) is 0 Å². The predicted molar refractivity (Wildman–Crippen MR) is 93.1 cm³/mol. The SMILES string of the molecule is CNC(=O)c1cccc(NC(=O)Cc2ccc3cccc-3s2)c1. The van der Waals surface area contributed by atoms with Gasteiger partial charge in [0.15, 0.2) is 0 Å². The van der Waals surface area contributed by atoms with Crippen LogP contribution in [0.1, 0.15) is 15.2 Å². The van der Waals surface area contributed by atoms with E-state index in [0.29, 0.717) is 17.7 Å². The lowest BCUT2D eigenvalue weighted by Gasteiger charge is -2.08. The molecular weight excluding hydrogens is 308 g/mol.